The highest BCUT2D eigenvalue weighted by molar-refractivity contribution is 5.78. The highest BCUT2D eigenvalue weighted by Gasteiger charge is 2.34. The molecule has 0 spiro atoms. The monoisotopic (exact) mass is 362 g/mol. The molecule has 2 fully saturated rings. The summed E-state index contributed by atoms with van der Waals surface area (Å²) in [6, 6.07) is 18.5. The van der Waals surface area contributed by atoms with Gasteiger partial charge in [-0.3, -0.25) is 9.80 Å². The third kappa shape index (κ3) is 3.44. The van der Waals surface area contributed by atoms with Gasteiger partial charge < -0.3 is 4.74 Å². The van der Waals surface area contributed by atoms with Gasteiger partial charge in [0.05, 0.1) is 19.3 Å². The van der Waals surface area contributed by atoms with Crippen LogP contribution in [0.5, 0.6) is 0 Å². The summed E-state index contributed by atoms with van der Waals surface area (Å²) in [7, 11) is 0. The lowest BCUT2D eigenvalue weighted by Gasteiger charge is -2.37. The third-order valence-electron chi connectivity index (χ3n) is 6.77. The zero-order valence-electron chi connectivity index (χ0n) is 16.1. The first-order valence-corrected chi connectivity index (χ1v) is 10.6. The van der Waals surface area contributed by atoms with Crippen molar-refractivity contribution in [3.05, 3.63) is 59.7 Å². The average molecular weight is 363 g/mol. The first-order chi connectivity index (χ1) is 13.4. The summed E-state index contributed by atoms with van der Waals surface area (Å²) >= 11 is 0. The van der Waals surface area contributed by atoms with Crippen molar-refractivity contribution in [2.75, 3.05) is 45.9 Å². The molecule has 1 aliphatic carbocycles. The molecule has 0 amide bonds. The Kier molecular flexibility index (Phi) is 5.00. The smallest absolute Gasteiger partial charge is 0.0614 e. The van der Waals surface area contributed by atoms with Gasteiger partial charge in [0.2, 0.25) is 0 Å². The fraction of sp³-hybridized carbons (Fsp3) is 0.500. The molecule has 0 unspecified atom stereocenters. The molecule has 2 aliphatic heterocycles. The standard InChI is InChI=1S/C24H30N2O/c1-3-7-22-20(5-1)21-6-2-4-8-23(21)24(22)26-13-10-19(11-14-26)9-12-25-15-17-27-18-16-25/h1-8,19,24H,9-18H2. The number of ether oxygens (including phenoxy) is 1. The Labute approximate surface area is 162 Å². The fourth-order valence-corrected chi connectivity index (χ4v) is 5.21. The number of benzene rings is 2. The van der Waals surface area contributed by atoms with Crippen molar-refractivity contribution in [2.24, 2.45) is 5.92 Å². The van der Waals surface area contributed by atoms with Gasteiger partial charge in [0, 0.05) is 13.1 Å². The molecule has 0 saturated carbocycles. The van der Waals surface area contributed by atoms with Crippen molar-refractivity contribution in [3.8, 4) is 11.1 Å². The summed E-state index contributed by atoms with van der Waals surface area (Å²) in [5, 5.41) is 0. The number of piperidine rings is 1. The second-order valence-electron chi connectivity index (χ2n) is 8.30. The van der Waals surface area contributed by atoms with E-state index in [1.165, 1.54) is 61.2 Å². The van der Waals surface area contributed by atoms with E-state index < -0.39 is 0 Å². The second kappa shape index (κ2) is 7.75. The lowest BCUT2D eigenvalue weighted by molar-refractivity contribution is 0.0331. The Morgan fingerprint density at radius 1 is 0.778 bits per heavy atom. The summed E-state index contributed by atoms with van der Waals surface area (Å²) in [5.74, 6) is 0.885. The van der Waals surface area contributed by atoms with Gasteiger partial charge in [0.15, 0.2) is 0 Å². The minimum atomic E-state index is 0.456. The van der Waals surface area contributed by atoms with Gasteiger partial charge in [-0.05, 0) is 67.1 Å². The van der Waals surface area contributed by atoms with E-state index in [0.29, 0.717) is 6.04 Å². The van der Waals surface area contributed by atoms with Crippen LogP contribution < -0.4 is 0 Å². The highest BCUT2D eigenvalue weighted by atomic mass is 16.5. The summed E-state index contributed by atoms with van der Waals surface area (Å²) in [6.45, 7) is 7.77. The fourth-order valence-electron chi connectivity index (χ4n) is 5.21. The number of hydrogen-bond acceptors (Lipinski definition) is 3. The Morgan fingerprint density at radius 3 is 2.00 bits per heavy atom. The van der Waals surface area contributed by atoms with Gasteiger partial charge in [0.1, 0.15) is 0 Å². The van der Waals surface area contributed by atoms with Gasteiger partial charge in [-0.1, -0.05) is 48.5 Å². The van der Waals surface area contributed by atoms with E-state index in [1.807, 2.05) is 0 Å². The number of nitrogens with zero attached hydrogens (tertiary/aromatic N) is 2. The molecule has 0 bridgehead atoms. The molecular formula is C24H30N2O. The summed E-state index contributed by atoms with van der Waals surface area (Å²) in [5.41, 5.74) is 5.89. The van der Waals surface area contributed by atoms with Crippen LogP contribution in [0.1, 0.15) is 36.4 Å². The van der Waals surface area contributed by atoms with Crippen molar-refractivity contribution in [3.63, 3.8) is 0 Å². The number of hydrogen-bond donors (Lipinski definition) is 0. The first kappa shape index (κ1) is 17.4. The molecule has 2 aromatic rings. The SMILES string of the molecule is c1ccc2c(c1)-c1ccccc1C2N1CCC(CCN2CCOCC2)CC1. The van der Waals surface area contributed by atoms with E-state index in [2.05, 4.69) is 58.3 Å². The van der Waals surface area contributed by atoms with Crippen LogP contribution in [0.3, 0.4) is 0 Å². The predicted octanol–water partition coefficient (Wildman–Crippen LogP) is 4.19. The number of morpholine rings is 1. The van der Waals surface area contributed by atoms with E-state index in [0.717, 1.165) is 32.2 Å². The minimum Gasteiger partial charge on any atom is -0.379 e. The second-order valence-corrected chi connectivity index (χ2v) is 8.30. The molecule has 3 nitrogen and oxygen atoms in total. The maximum atomic E-state index is 5.47. The van der Waals surface area contributed by atoms with Crippen molar-refractivity contribution in [2.45, 2.75) is 25.3 Å². The minimum absolute atomic E-state index is 0.456. The Morgan fingerprint density at radius 2 is 1.37 bits per heavy atom. The van der Waals surface area contributed by atoms with E-state index in [1.54, 1.807) is 0 Å². The normalized spacial score (nSPS) is 21.9. The summed E-state index contributed by atoms with van der Waals surface area (Å²) in [6.07, 6.45) is 4.03. The van der Waals surface area contributed by atoms with Gasteiger partial charge in [-0.25, -0.2) is 0 Å². The number of rotatable bonds is 4. The van der Waals surface area contributed by atoms with Crippen LogP contribution in [-0.4, -0.2) is 55.7 Å². The molecule has 2 saturated heterocycles. The zero-order chi connectivity index (χ0) is 18.1. The van der Waals surface area contributed by atoms with Crippen molar-refractivity contribution in [1.82, 2.24) is 9.80 Å². The Hall–Kier alpha value is -1.68. The molecule has 142 valence electrons. The molecular weight excluding hydrogens is 332 g/mol. The molecule has 3 aliphatic rings. The summed E-state index contributed by atoms with van der Waals surface area (Å²) in [4.78, 5) is 5.31. The van der Waals surface area contributed by atoms with E-state index in [9.17, 15) is 0 Å². The zero-order valence-corrected chi connectivity index (χ0v) is 16.1. The molecule has 0 atom stereocenters. The Balaban J connectivity index is 1.24. The van der Waals surface area contributed by atoms with E-state index in [-0.39, 0.29) is 0 Å². The molecule has 3 heteroatoms. The lowest BCUT2D eigenvalue weighted by atomic mass is 9.91. The molecule has 27 heavy (non-hydrogen) atoms. The van der Waals surface area contributed by atoms with Gasteiger partial charge in [0.25, 0.3) is 0 Å². The van der Waals surface area contributed by atoms with Gasteiger partial charge in [-0.2, -0.15) is 0 Å². The number of likely N-dealkylation sites (tertiary alicyclic amines) is 1. The topological polar surface area (TPSA) is 15.7 Å². The maximum absolute atomic E-state index is 5.47. The van der Waals surface area contributed by atoms with Crippen LogP contribution in [0.15, 0.2) is 48.5 Å². The molecule has 0 aromatic heterocycles. The van der Waals surface area contributed by atoms with Crippen molar-refractivity contribution >= 4 is 0 Å². The quantitative estimate of drug-likeness (QED) is 0.811. The van der Waals surface area contributed by atoms with Crippen LogP contribution in [0.25, 0.3) is 11.1 Å². The van der Waals surface area contributed by atoms with Gasteiger partial charge >= 0.3 is 0 Å². The lowest BCUT2D eigenvalue weighted by Crippen LogP contribution is -2.40. The van der Waals surface area contributed by atoms with Crippen LogP contribution in [-0.2, 0) is 4.74 Å². The van der Waals surface area contributed by atoms with E-state index >= 15 is 0 Å². The molecule has 0 N–H and O–H groups in total. The molecule has 2 heterocycles. The third-order valence-corrected chi connectivity index (χ3v) is 6.77. The van der Waals surface area contributed by atoms with E-state index in [4.69, 9.17) is 4.74 Å². The average Bonchev–Trinajstić information content (AvgIpc) is 3.08. The van der Waals surface area contributed by atoms with Gasteiger partial charge in [-0.15, -0.1) is 0 Å². The predicted molar refractivity (Wildman–Crippen MR) is 110 cm³/mol. The van der Waals surface area contributed by atoms with Crippen LogP contribution in [0.4, 0.5) is 0 Å². The first-order valence-electron chi connectivity index (χ1n) is 10.6. The molecule has 0 radical (unpaired) electrons. The highest BCUT2D eigenvalue weighted by Crippen LogP contribution is 2.47. The van der Waals surface area contributed by atoms with Crippen molar-refractivity contribution in [1.29, 1.82) is 0 Å². The van der Waals surface area contributed by atoms with Crippen LogP contribution in [0, 0.1) is 5.92 Å². The maximum Gasteiger partial charge on any atom is 0.0614 e. The van der Waals surface area contributed by atoms with Crippen LogP contribution >= 0.6 is 0 Å². The molecule has 2 aromatic carbocycles. The molecule has 5 rings (SSSR count). The largest absolute Gasteiger partial charge is 0.379 e. The van der Waals surface area contributed by atoms with Crippen molar-refractivity contribution < 1.29 is 4.74 Å². The number of fused-ring (bicyclic) bond motifs is 3. The Bertz CT molecular complexity index is 730. The summed E-state index contributed by atoms with van der Waals surface area (Å²) < 4.78 is 5.47. The van der Waals surface area contributed by atoms with Crippen LogP contribution in [0.2, 0.25) is 0 Å².